The van der Waals surface area contributed by atoms with Crippen LogP contribution in [0.4, 0.5) is 0 Å². The number of likely N-dealkylation sites (tertiary alicyclic amines) is 1. The van der Waals surface area contributed by atoms with Crippen LogP contribution in [0.1, 0.15) is 55.4 Å². The maximum absolute atomic E-state index is 13.0. The number of amides is 1. The lowest BCUT2D eigenvalue weighted by Crippen LogP contribution is -2.51. The molecule has 0 bridgehead atoms. The third-order valence-corrected chi connectivity index (χ3v) is 7.04. The highest BCUT2D eigenvalue weighted by molar-refractivity contribution is 5.98. The number of hydrogen-bond acceptors (Lipinski definition) is 3. The Morgan fingerprint density at radius 1 is 1.17 bits per heavy atom. The van der Waals surface area contributed by atoms with Gasteiger partial charge in [-0.15, -0.1) is 0 Å². The number of nitrogens with zero attached hydrogens (tertiary/aromatic N) is 1. The van der Waals surface area contributed by atoms with Crippen LogP contribution in [0.25, 0.3) is 10.9 Å². The molecule has 3 heterocycles. The van der Waals surface area contributed by atoms with Gasteiger partial charge in [0.15, 0.2) is 0 Å². The first-order valence-electron chi connectivity index (χ1n) is 11.3. The number of carbonyl (C=O) groups excluding carboxylic acids is 1. The molecule has 3 aliphatic rings. The minimum atomic E-state index is -0.0311. The Kier molecular flexibility index (Phi) is 5.35. The van der Waals surface area contributed by atoms with Crippen molar-refractivity contribution in [2.45, 2.75) is 50.5 Å². The molecule has 1 aliphatic carbocycles. The maximum atomic E-state index is 13.0. The van der Waals surface area contributed by atoms with Crippen molar-refractivity contribution in [3.8, 4) is 0 Å². The number of fused-ring (bicyclic) bond motifs is 1. The number of para-hydroxylation sites is 1. The average molecular weight is 397 g/mol. The quantitative estimate of drug-likeness (QED) is 0.737. The van der Waals surface area contributed by atoms with Crippen molar-refractivity contribution in [2.75, 3.05) is 32.9 Å². The summed E-state index contributed by atoms with van der Waals surface area (Å²) in [6, 6.07) is 10.0. The van der Waals surface area contributed by atoms with Crippen molar-refractivity contribution in [1.29, 1.82) is 0 Å². The first-order valence-corrected chi connectivity index (χ1v) is 11.3. The van der Waals surface area contributed by atoms with Gasteiger partial charge in [0.05, 0.1) is 5.60 Å². The molecule has 1 atom stereocenters. The molecule has 2 aliphatic heterocycles. The number of hydrogen-bond donors (Lipinski definition) is 1. The molecule has 1 saturated carbocycles. The van der Waals surface area contributed by atoms with Gasteiger partial charge in [-0.2, -0.15) is 0 Å². The summed E-state index contributed by atoms with van der Waals surface area (Å²) < 4.78 is 12.1. The van der Waals surface area contributed by atoms with Crippen LogP contribution in [-0.4, -0.2) is 54.3 Å². The number of ether oxygens (including phenoxy) is 2. The highest BCUT2D eigenvalue weighted by Crippen LogP contribution is 2.39. The Morgan fingerprint density at radius 2 is 2.00 bits per heavy atom. The largest absolute Gasteiger partial charge is 0.381 e. The fourth-order valence-electron chi connectivity index (χ4n) is 4.98. The topological polar surface area (TPSA) is 54.6 Å². The highest BCUT2D eigenvalue weighted by atomic mass is 16.5. The molecular formula is C24H32N2O3. The lowest BCUT2D eigenvalue weighted by molar-refractivity contribution is -0.126. The Hall–Kier alpha value is -1.85. The van der Waals surface area contributed by atoms with E-state index in [-0.39, 0.29) is 11.5 Å². The van der Waals surface area contributed by atoms with E-state index in [9.17, 15) is 4.79 Å². The summed E-state index contributed by atoms with van der Waals surface area (Å²) in [6.07, 6.45) is 8.01. The zero-order chi connectivity index (χ0) is 19.7. The van der Waals surface area contributed by atoms with Crippen LogP contribution < -0.4 is 0 Å². The molecule has 29 heavy (non-hydrogen) atoms. The lowest BCUT2D eigenvalue weighted by Gasteiger charge is -2.46. The molecule has 1 amide bonds. The summed E-state index contributed by atoms with van der Waals surface area (Å²) in [5.74, 6) is 1.64. The number of nitrogens with one attached hydrogen (secondary N) is 1. The van der Waals surface area contributed by atoms with Crippen LogP contribution in [0.3, 0.4) is 0 Å². The minimum absolute atomic E-state index is 0.0311. The minimum Gasteiger partial charge on any atom is -0.381 e. The van der Waals surface area contributed by atoms with Gasteiger partial charge >= 0.3 is 0 Å². The van der Waals surface area contributed by atoms with Gasteiger partial charge in [0.1, 0.15) is 5.69 Å². The molecule has 5 heteroatoms. The van der Waals surface area contributed by atoms with Gasteiger partial charge in [-0.3, -0.25) is 4.79 Å². The molecule has 0 radical (unpaired) electrons. The van der Waals surface area contributed by atoms with Crippen LogP contribution >= 0.6 is 0 Å². The van der Waals surface area contributed by atoms with Crippen LogP contribution in [0.15, 0.2) is 30.3 Å². The van der Waals surface area contributed by atoms with Crippen molar-refractivity contribution in [3.05, 3.63) is 36.0 Å². The van der Waals surface area contributed by atoms with Crippen LogP contribution in [-0.2, 0) is 9.47 Å². The molecule has 156 valence electrons. The van der Waals surface area contributed by atoms with E-state index in [0.29, 0.717) is 11.6 Å². The van der Waals surface area contributed by atoms with E-state index in [4.69, 9.17) is 9.47 Å². The third kappa shape index (κ3) is 4.36. The van der Waals surface area contributed by atoms with Gasteiger partial charge in [-0.1, -0.05) is 18.2 Å². The summed E-state index contributed by atoms with van der Waals surface area (Å²) >= 11 is 0. The van der Waals surface area contributed by atoms with Crippen LogP contribution in [0, 0.1) is 11.8 Å². The van der Waals surface area contributed by atoms with E-state index >= 15 is 0 Å². The Morgan fingerprint density at radius 3 is 2.79 bits per heavy atom. The van der Waals surface area contributed by atoms with E-state index in [1.165, 1.54) is 12.8 Å². The van der Waals surface area contributed by atoms with Crippen molar-refractivity contribution in [3.63, 3.8) is 0 Å². The van der Waals surface area contributed by atoms with Gasteiger partial charge in [0.2, 0.25) is 0 Å². The van der Waals surface area contributed by atoms with Crippen LogP contribution in [0.2, 0.25) is 0 Å². The van der Waals surface area contributed by atoms with Crippen molar-refractivity contribution >= 4 is 16.8 Å². The molecule has 5 rings (SSSR count). The lowest BCUT2D eigenvalue weighted by atomic mass is 9.78. The second kappa shape index (κ2) is 8.11. The maximum Gasteiger partial charge on any atom is 0.270 e. The summed E-state index contributed by atoms with van der Waals surface area (Å²) in [4.78, 5) is 18.2. The van der Waals surface area contributed by atoms with Crippen molar-refractivity contribution < 1.29 is 14.3 Å². The fraction of sp³-hybridized carbons (Fsp3) is 0.625. The first-order chi connectivity index (χ1) is 14.2. The summed E-state index contributed by atoms with van der Waals surface area (Å²) in [7, 11) is 0. The summed E-state index contributed by atoms with van der Waals surface area (Å²) in [5.41, 5.74) is 1.68. The third-order valence-electron chi connectivity index (χ3n) is 7.04. The number of rotatable bonds is 6. The van der Waals surface area contributed by atoms with E-state index in [1.807, 2.05) is 35.2 Å². The van der Waals surface area contributed by atoms with E-state index < -0.39 is 0 Å². The Bertz CT molecular complexity index is 816. The molecule has 1 N–H and O–H groups in total. The smallest absolute Gasteiger partial charge is 0.270 e. The number of aromatic nitrogens is 1. The van der Waals surface area contributed by atoms with Gasteiger partial charge in [0.25, 0.3) is 5.91 Å². The van der Waals surface area contributed by atoms with Crippen molar-refractivity contribution in [1.82, 2.24) is 9.88 Å². The van der Waals surface area contributed by atoms with E-state index in [1.54, 1.807) is 0 Å². The highest BCUT2D eigenvalue weighted by Gasteiger charge is 2.41. The molecular weight excluding hydrogens is 364 g/mol. The second-order valence-electron chi connectivity index (χ2n) is 9.26. The molecule has 2 aromatic rings. The van der Waals surface area contributed by atoms with Gasteiger partial charge < -0.3 is 19.4 Å². The number of aromatic amines is 1. The first kappa shape index (κ1) is 19.1. The molecule has 1 spiro atoms. The normalized spacial score (nSPS) is 24.3. The standard InChI is InChI=1S/C24H32N2O3/c27-23(22-15-20-3-1-2-4-21(20)25-22)26-11-9-24(10-12-26)16-18(8-14-29-24)7-13-28-17-19-5-6-19/h1-4,15,18-19,25H,5-14,16-17H2. The molecule has 2 saturated heterocycles. The van der Waals surface area contributed by atoms with Crippen LogP contribution in [0.5, 0.6) is 0 Å². The fourth-order valence-corrected chi connectivity index (χ4v) is 4.98. The van der Waals surface area contributed by atoms with Crippen molar-refractivity contribution in [2.24, 2.45) is 11.8 Å². The van der Waals surface area contributed by atoms with Gasteiger partial charge in [-0.25, -0.2) is 0 Å². The van der Waals surface area contributed by atoms with Gasteiger partial charge in [-0.05, 0) is 68.9 Å². The molecule has 3 fully saturated rings. The van der Waals surface area contributed by atoms with E-state index in [0.717, 1.165) is 81.8 Å². The molecule has 1 aromatic carbocycles. The Balaban J connectivity index is 1.14. The van der Waals surface area contributed by atoms with E-state index in [2.05, 4.69) is 4.98 Å². The van der Waals surface area contributed by atoms with Gasteiger partial charge in [0, 0.05) is 43.8 Å². The predicted octanol–water partition coefficient (Wildman–Crippen LogP) is 4.39. The predicted molar refractivity (Wildman–Crippen MR) is 113 cm³/mol. The molecule has 5 nitrogen and oxygen atoms in total. The SMILES string of the molecule is O=C(c1cc2ccccc2[nH]1)N1CCC2(CC1)CC(CCOCC1CC1)CCO2. The molecule has 1 aromatic heterocycles. The summed E-state index contributed by atoms with van der Waals surface area (Å²) in [5, 5.41) is 1.09. The summed E-state index contributed by atoms with van der Waals surface area (Å²) in [6.45, 7) is 4.25. The Labute approximate surface area is 172 Å². The average Bonchev–Trinajstić information content (AvgIpc) is 3.47. The monoisotopic (exact) mass is 396 g/mol. The number of benzene rings is 1. The second-order valence-corrected chi connectivity index (χ2v) is 9.26. The zero-order valence-corrected chi connectivity index (χ0v) is 17.2. The number of H-pyrrole nitrogens is 1. The number of carbonyl (C=O) groups is 1. The molecule has 1 unspecified atom stereocenters. The zero-order valence-electron chi connectivity index (χ0n) is 17.2. The number of piperidine rings is 1.